The number of sulfonamides is 1. The van der Waals surface area contributed by atoms with E-state index >= 15 is 4.39 Å². The van der Waals surface area contributed by atoms with E-state index < -0.39 is 34.3 Å². The van der Waals surface area contributed by atoms with Crippen LogP contribution in [0, 0.1) is 5.82 Å². The lowest BCUT2D eigenvalue weighted by Crippen LogP contribution is -2.54. The standard InChI is InChI=1S/C36H37ClFN3O5S/c1-46-34-21-20-28(37)23-32(34)41(47(44,45)30-17-6-3-7-18-30)25-35(42)40(24-27-14-8-11-19-31(27)38)33(22-26-12-4-2-5-13-26)36(43)39-29-15-9-10-16-29/h2-8,11-14,17-21,23,29,33H,9-10,15-16,22,24-25H2,1H3,(H,39,43)/t33-/m1/s1. The summed E-state index contributed by atoms with van der Waals surface area (Å²) >= 11 is 6.33. The largest absolute Gasteiger partial charge is 0.495 e. The van der Waals surface area contributed by atoms with Crippen LogP contribution >= 0.6 is 11.6 Å². The average Bonchev–Trinajstić information content (AvgIpc) is 3.59. The molecule has 0 radical (unpaired) electrons. The van der Waals surface area contributed by atoms with Crippen LogP contribution in [0.2, 0.25) is 5.02 Å². The lowest BCUT2D eigenvalue weighted by molar-refractivity contribution is -0.140. The first-order chi connectivity index (χ1) is 22.7. The van der Waals surface area contributed by atoms with Gasteiger partial charge in [0.05, 0.1) is 17.7 Å². The van der Waals surface area contributed by atoms with Gasteiger partial charge in [-0.15, -0.1) is 0 Å². The summed E-state index contributed by atoms with van der Waals surface area (Å²) in [7, 11) is -2.98. The molecule has 1 fully saturated rings. The number of methoxy groups -OCH3 is 1. The molecule has 8 nitrogen and oxygen atoms in total. The van der Waals surface area contributed by atoms with E-state index in [1.807, 2.05) is 30.3 Å². The van der Waals surface area contributed by atoms with Gasteiger partial charge in [-0.1, -0.05) is 91.2 Å². The van der Waals surface area contributed by atoms with E-state index in [4.69, 9.17) is 16.3 Å². The van der Waals surface area contributed by atoms with E-state index in [0.29, 0.717) is 0 Å². The molecule has 5 rings (SSSR count). The number of nitrogens with one attached hydrogen (secondary N) is 1. The fourth-order valence-corrected chi connectivity index (χ4v) is 7.43. The lowest BCUT2D eigenvalue weighted by atomic mass is 10.0. The van der Waals surface area contributed by atoms with Crippen LogP contribution in [0.15, 0.2) is 108 Å². The smallest absolute Gasteiger partial charge is 0.264 e. The second-order valence-corrected chi connectivity index (χ2v) is 13.7. The highest BCUT2D eigenvalue weighted by Crippen LogP contribution is 2.35. The molecule has 0 saturated heterocycles. The molecule has 0 unspecified atom stereocenters. The molecule has 4 aromatic carbocycles. The average molecular weight is 678 g/mol. The molecule has 0 bridgehead atoms. The normalized spacial score (nSPS) is 13.9. The van der Waals surface area contributed by atoms with E-state index in [9.17, 15) is 18.0 Å². The third kappa shape index (κ3) is 8.31. The van der Waals surface area contributed by atoms with Gasteiger partial charge in [0.2, 0.25) is 11.8 Å². The number of amides is 2. The molecule has 0 aromatic heterocycles. The van der Waals surface area contributed by atoms with Crippen LogP contribution in [0.3, 0.4) is 0 Å². The van der Waals surface area contributed by atoms with Crippen molar-refractivity contribution in [3.8, 4) is 5.75 Å². The van der Waals surface area contributed by atoms with Crippen LogP contribution < -0.4 is 14.4 Å². The fourth-order valence-electron chi connectivity index (χ4n) is 5.82. The maximum Gasteiger partial charge on any atom is 0.264 e. The van der Waals surface area contributed by atoms with Gasteiger partial charge in [-0.25, -0.2) is 12.8 Å². The third-order valence-electron chi connectivity index (χ3n) is 8.29. The Morgan fingerprint density at radius 2 is 1.57 bits per heavy atom. The highest BCUT2D eigenvalue weighted by Gasteiger charge is 2.36. The van der Waals surface area contributed by atoms with Gasteiger partial charge < -0.3 is 15.0 Å². The van der Waals surface area contributed by atoms with Gasteiger partial charge in [0, 0.05) is 29.6 Å². The molecular formula is C36H37ClFN3O5S. The van der Waals surface area contributed by atoms with E-state index in [1.54, 1.807) is 42.5 Å². The van der Waals surface area contributed by atoms with Crippen molar-refractivity contribution in [2.45, 2.75) is 55.6 Å². The van der Waals surface area contributed by atoms with Crippen molar-refractivity contribution < 1.29 is 27.1 Å². The highest BCUT2D eigenvalue weighted by atomic mass is 35.5. The summed E-state index contributed by atoms with van der Waals surface area (Å²) in [4.78, 5) is 29.9. The monoisotopic (exact) mass is 677 g/mol. The maximum absolute atomic E-state index is 15.1. The number of hydrogen-bond donors (Lipinski definition) is 1. The molecule has 4 aromatic rings. The Balaban J connectivity index is 1.61. The SMILES string of the molecule is COc1ccc(Cl)cc1N(CC(=O)N(Cc1ccccc1F)[C@H](Cc1ccccc1)C(=O)NC1CCCC1)S(=O)(=O)c1ccccc1. The third-order valence-corrected chi connectivity index (χ3v) is 10.3. The molecule has 1 aliphatic rings. The van der Waals surface area contributed by atoms with Crippen molar-refractivity contribution in [2.24, 2.45) is 0 Å². The van der Waals surface area contributed by atoms with Gasteiger partial charge in [-0.3, -0.25) is 13.9 Å². The predicted octanol–water partition coefficient (Wildman–Crippen LogP) is 6.38. The quantitative estimate of drug-likeness (QED) is 0.177. The number of ether oxygens (including phenoxy) is 1. The zero-order valence-electron chi connectivity index (χ0n) is 26.0. The number of nitrogens with zero attached hydrogens (tertiary/aromatic N) is 2. The summed E-state index contributed by atoms with van der Waals surface area (Å²) in [6.45, 7) is -0.989. The number of halogens is 2. The molecule has 246 valence electrons. The first kappa shape index (κ1) is 33.9. The lowest BCUT2D eigenvalue weighted by Gasteiger charge is -2.34. The van der Waals surface area contributed by atoms with E-state index in [2.05, 4.69) is 5.32 Å². The van der Waals surface area contributed by atoms with Crippen LogP contribution in [-0.4, -0.2) is 50.9 Å². The van der Waals surface area contributed by atoms with Gasteiger partial charge in [0.25, 0.3) is 10.0 Å². The van der Waals surface area contributed by atoms with E-state index in [1.165, 1.54) is 42.3 Å². The summed E-state index contributed by atoms with van der Waals surface area (Å²) in [5.74, 6) is -1.48. The molecule has 0 heterocycles. The summed E-state index contributed by atoms with van der Waals surface area (Å²) in [5, 5.41) is 3.33. The van der Waals surface area contributed by atoms with Crippen molar-refractivity contribution in [1.82, 2.24) is 10.2 Å². The molecule has 0 aliphatic heterocycles. The molecule has 1 atom stereocenters. The first-order valence-corrected chi connectivity index (χ1v) is 17.3. The second-order valence-electron chi connectivity index (χ2n) is 11.4. The van der Waals surface area contributed by atoms with Crippen LogP contribution in [0.4, 0.5) is 10.1 Å². The molecule has 47 heavy (non-hydrogen) atoms. The highest BCUT2D eigenvalue weighted by molar-refractivity contribution is 7.92. The van der Waals surface area contributed by atoms with Crippen molar-refractivity contribution in [3.63, 3.8) is 0 Å². The number of carbonyl (C=O) groups is 2. The maximum atomic E-state index is 15.1. The van der Waals surface area contributed by atoms with Gasteiger partial charge >= 0.3 is 0 Å². The zero-order valence-corrected chi connectivity index (χ0v) is 27.6. The topological polar surface area (TPSA) is 96.0 Å². The number of benzene rings is 4. The Bertz CT molecular complexity index is 1790. The number of hydrogen-bond acceptors (Lipinski definition) is 5. The summed E-state index contributed by atoms with van der Waals surface area (Å²) in [6.07, 6.45) is 3.75. The van der Waals surface area contributed by atoms with Crippen LogP contribution in [0.25, 0.3) is 0 Å². The van der Waals surface area contributed by atoms with Gasteiger partial charge in [-0.05, 0) is 54.8 Å². The molecule has 0 spiro atoms. The van der Waals surface area contributed by atoms with E-state index in [-0.39, 0.29) is 51.8 Å². The minimum Gasteiger partial charge on any atom is -0.495 e. The summed E-state index contributed by atoms with van der Waals surface area (Å²) in [5.41, 5.74) is 1.01. The Kier molecular flexibility index (Phi) is 11.2. The number of anilines is 1. The van der Waals surface area contributed by atoms with Crippen molar-refractivity contribution in [3.05, 3.63) is 125 Å². The fraction of sp³-hybridized carbons (Fsp3) is 0.278. The number of rotatable bonds is 13. The van der Waals surface area contributed by atoms with Crippen LogP contribution in [0.5, 0.6) is 5.75 Å². The molecule has 1 N–H and O–H groups in total. The van der Waals surface area contributed by atoms with Gasteiger partial charge in [0.15, 0.2) is 0 Å². The Labute approximate surface area is 280 Å². The summed E-state index contributed by atoms with van der Waals surface area (Å²) in [6, 6.07) is 26.3. The van der Waals surface area contributed by atoms with E-state index in [0.717, 1.165) is 35.6 Å². The molecular weight excluding hydrogens is 641 g/mol. The molecule has 11 heteroatoms. The zero-order chi connectivity index (χ0) is 33.4. The Morgan fingerprint density at radius 1 is 0.936 bits per heavy atom. The van der Waals surface area contributed by atoms with Crippen LogP contribution in [0.1, 0.15) is 36.8 Å². The second kappa shape index (κ2) is 15.5. The molecule has 1 aliphatic carbocycles. The van der Waals surface area contributed by atoms with Crippen molar-refractivity contribution in [2.75, 3.05) is 18.0 Å². The predicted molar refractivity (Wildman–Crippen MR) is 180 cm³/mol. The van der Waals surface area contributed by atoms with Crippen molar-refractivity contribution >= 4 is 39.1 Å². The van der Waals surface area contributed by atoms with Crippen molar-refractivity contribution in [1.29, 1.82) is 0 Å². The summed E-state index contributed by atoms with van der Waals surface area (Å²) < 4.78 is 50.0. The Hall–Kier alpha value is -4.41. The minimum atomic E-state index is -4.36. The van der Waals surface area contributed by atoms with Gasteiger partial charge in [0.1, 0.15) is 24.2 Å². The van der Waals surface area contributed by atoms with Gasteiger partial charge in [-0.2, -0.15) is 0 Å². The number of carbonyl (C=O) groups excluding carboxylic acids is 2. The molecule has 2 amide bonds. The minimum absolute atomic E-state index is 0.0399. The van der Waals surface area contributed by atoms with Crippen LogP contribution in [-0.2, 0) is 32.6 Å². The molecule has 1 saturated carbocycles. The Morgan fingerprint density at radius 3 is 2.23 bits per heavy atom. The first-order valence-electron chi connectivity index (χ1n) is 15.5.